The Morgan fingerprint density at radius 2 is 1.89 bits per heavy atom. The van der Waals surface area contributed by atoms with E-state index in [1.54, 1.807) is 24.3 Å². The Balaban J connectivity index is 1.75. The summed E-state index contributed by atoms with van der Waals surface area (Å²) < 4.78 is 15.7. The van der Waals surface area contributed by atoms with Crippen molar-refractivity contribution in [3.8, 4) is 5.75 Å². The Morgan fingerprint density at radius 3 is 2.64 bits per heavy atom. The fourth-order valence-electron chi connectivity index (χ4n) is 2.48. The Bertz CT molecular complexity index is 1110. The monoisotopic (exact) mass is 401 g/mol. The zero-order valence-electron chi connectivity index (χ0n) is 15.0. The van der Waals surface area contributed by atoms with Crippen LogP contribution in [0.5, 0.6) is 5.75 Å². The number of amides is 1. The second-order valence-corrected chi connectivity index (χ2v) is 6.29. The highest BCUT2D eigenvalue weighted by molar-refractivity contribution is 6.31. The fourth-order valence-corrected chi connectivity index (χ4v) is 2.66. The molecule has 0 saturated heterocycles. The molecule has 1 atom stereocenters. The van der Waals surface area contributed by atoms with Crippen molar-refractivity contribution in [1.29, 1.82) is 0 Å². The molecule has 1 N–H and O–H groups in total. The summed E-state index contributed by atoms with van der Waals surface area (Å²) in [5, 5.41) is 3.23. The molecule has 1 heterocycles. The molecule has 0 radical (unpaired) electrons. The molecule has 144 valence electrons. The van der Waals surface area contributed by atoms with E-state index in [2.05, 4.69) is 5.32 Å². The summed E-state index contributed by atoms with van der Waals surface area (Å²) in [4.78, 5) is 36.8. The third kappa shape index (κ3) is 4.15. The number of carbonyl (C=O) groups excluding carboxylic acids is 2. The van der Waals surface area contributed by atoms with E-state index in [0.29, 0.717) is 16.5 Å². The zero-order valence-corrected chi connectivity index (χ0v) is 15.8. The first-order valence-electron chi connectivity index (χ1n) is 8.27. The van der Waals surface area contributed by atoms with Gasteiger partial charge in [0.25, 0.3) is 5.91 Å². The largest absolute Gasteiger partial charge is 0.495 e. The van der Waals surface area contributed by atoms with E-state index in [9.17, 15) is 14.4 Å². The van der Waals surface area contributed by atoms with Crippen LogP contribution >= 0.6 is 11.6 Å². The first-order valence-corrected chi connectivity index (χ1v) is 8.65. The van der Waals surface area contributed by atoms with Crippen LogP contribution in [0.25, 0.3) is 11.0 Å². The van der Waals surface area contributed by atoms with E-state index >= 15 is 0 Å². The van der Waals surface area contributed by atoms with Crippen molar-refractivity contribution >= 4 is 40.1 Å². The Hall–Kier alpha value is -3.32. The molecule has 2 aromatic carbocycles. The van der Waals surface area contributed by atoms with Crippen LogP contribution in [0, 0.1) is 0 Å². The second-order valence-electron chi connectivity index (χ2n) is 5.85. The minimum absolute atomic E-state index is 0.190. The van der Waals surface area contributed by atoms with Crippen LogP contribution < -0.4 is 15.5 Å². The number of fused-ring (bicyclic) bond motifs is 1. The molecule has 0 saturated carbocycles. The number of rotatable bonds is 5. The van der Waals surface area contributed by atoms with Crippen molar-refractivity contribution in [2.45, 2.75) is 13.0 Å². The van der Waals surface area contributed by atoms with Crippen molar-refractivity contribution in [3.63, 3.8) is 0 Å². The summed E-state index contributed by atoms with van der Waals surface area (Å²) in [6.45, 7) is 1.40. The first-order chi connectivity index (χ1) is 13.4. The predicted octanol–water partition coefficient (Wildman–Crippen LogP) is 3.64. The van der Waals surface area contributed by atoms with Crippen LogP contribution in [-0.2, 0) is 9.53 Å². The lowest BCUT2D eigenvalue weighted by Crippen LogP contribution is -2.30. The summed E-state index contributed by atoms with van der Waals surface area (Å²) in [7, 11) is 1.48. The molecule has 8 heteroatoms. The van der Waals surface area contributed by atoms with Crippen molar-refractivity contribution < 1.29 is 23.5 Å². The molecule has 7 nitrogen and oxygen atoms in total. The third-order valence-electron chi connectivity index (χ3n) is 3.91. The van der Waals surface area contributed by atoms with E-state index < -0.39 is 23.4 Å². The smallest absolute Gasteiger partial charge is 0.375 e. The quantitative estimate of drug-likeness (QED) is 0.656. The van der Waals surface area contributed by atoms with E-state index in [4.69, 9.17) is 25.5 Å². The lowest BCUT2D eigenvalue weighted by molar-refractivity contribution is -0.123. The standard InChI is InChI=1S/C20H16ClNO6/c1-11(19(24)22-14-5-3-4-6-17(14)26-2)27-20(25)18-10-15(23)13-9-12(21)7-8-16(13)28-18/h3-11H,1-2H3,(H,22,24)/t11-/m0/s1. The zero-order chi connectivity index (χ0) is 20.3. The number of anilines is 1. The summed E-state index contributed by atoms with van der Waals surface area (Å²) in [5.74, 6) is -1.34. The molecule has 1 amide bonds. The van der Waals surface area contributed by atoms with Gasteiger partial charge in [0.2, 0.25) is 5.76 Å². The second kappa shape index (κ2) is 8.14. The van der Waals surface area contributed by atoms with Crippen molar-refractivity contribution in [2.24, 2.45) is 0 Å². The van der Waals surface area contributed by atoms with Crippen molar-refractivity contribution in [2.75, 3.05) is 12.4 Å². The highest BCUT2D eigenvalue weighted by atomic mass is 35.5. The van der Waals surface area contributed by atoms with E-state index in [1.807, 2.05) is 0 Å². The molecule has 3 aromatic rings. The number of hydrogen-bond acceptors (Lipinski definition) is 6. The minimum Gasteiger partial charge on any atom is -0.495 e. The number of halogens is 1. The Morgan fingerprint density at radius 1 is 1.14 bits per heavy atom. The third-order valence-corrected chi connectivity index (χ3v) is 4.14. The number of esters is 1. The number of carbonyl (C=O) groups is 2. The molecular formula is C20H16ClNO6. The molecule has 0 aliphatic heterocycles. The van der Waals surface area contributed by atoms with Crippen LogP contribution in [-0.4, -0.2) is 25.1 Å². The normalized spacial score (nSPS) is 11.7. The molecule has 0 bridgehead atoms. The molecule has 0 spiro atoms. The Kier molecular flexibility index (Phi) is 5.65. The Labute approximate surface area is 164 Å². The van der Waals surface area contributed by atoms with Gasteiger partial charge in [0, 0.05) is 11.1 Å². The highest BCUT2D eigenvalue weighted by Gasteiger charge is 2.22. The maximum atomic E-state index is 12.3. The van der Waals surface area contributed by atoms with Gasteiger partial charge < -0.3 is 19.2 Å². The average molecular weight is 402 g/mol. The summed E-state index contributed by atoms with van der Waals surface area (Å²) in [5.41, 5.74) is 0.184. The van der Waals surface area contributed by atoms with Gasteiger partial charge in [-0.1, -0.05) is 23.7 Å². The van der Waals surface area contributed by atoms with Crippen LogP contribution in [0.1, 0.15) is 17.5 Å². The van der Waals surface area contributed by atoms with Crippen molar-refractivity contribution in [3.05, 3.63) is 69.5 Å². The molecule has 0 aliphatic carbocycles. The topological polar surface area (TPSA) is 94.8 Å². The van der Waals surface area contributed by atoms with Gasteiger partial charge in [-0.05, 0) is 37.3 Å². The number of ether oxygens (including phenoxy) is 2. The molecular weight excluding hydrogens is 386 g/mol. The lowest BCUT2D eigenvalue weighted by atomic mass is 10.2. The highest BCUT2D eigenvalue weighted by Crippen LogP contribution is 2.23. The summed E-state index contributed by atoms with van der Waals surface area (Å²) in [6, 6.07) is 12.3. The molecule has 28 heavy (non-hydrogen) atoms. The summed E-state index contributed by atoms with van der Waals surface area (Å²) in [6.07, 6.45) is -1.14. The van der Waals surface area contributed by atoms with Gasteiger partial charge in [0.05, 0.1) is 18.2 Å². The van der Waals surface area contributed by atoms with E-state index in [0.717, 1.165) is 6.07 Å². The molecule has 0 aliphatic rings. The van der Waals surface area contributed by atoms with Gasteiger partial charge in [-0.2, -0.15) is 0 Å². The van der Waals surface area contributed by atoms with Crippen LogP contribution in [0.3, 0.4) is 0 Å². The van der Waals surface area contributed by atoms with Crippen LogP contribution in [0.2, 0.25) is 5.02 Å². The molecule has 0 unspecified atom stereocenters. The van der Waals surface area contributed by atoms with Gasteiger partial charge in [-0.25, -0.2) is 4.79 Å². The van der Waals surface area contributed by atoms with Gasteiger partial charge in [0.15, 0.2) is 11.5 Å². The number of benzene rings is 2. The van der Waals surface area contributed by atoms with E-state index in [1.165, 1.54) is 32.2 Å². The van der Waals surface area contributed by atoms with Crippen LogP contribution in [0.4, 0.5) is 5.69 Å². The maximum absolute atomic E-state index is 12.3. The van der Waals surface area contributed by atoms with E-state index in [-0.39, 0.29) is 16.7 Å². The minimum atomic E-state index is -1.14. The van der Waals surface area contributed by atoms with Gasteiger partial charge in [-0.3, -0.25) is 9.59 Å². The first kappa shape index (κ1) is 19.4. The predicted molar refractivity (Wildman–Crippen MR) is 104 cm³/mol. The van der Waals surface area contributed by atoms with Gasteiger partial charge in [0.1, 0.15) is 11.3 Å². The van der Waals surface area contributed by atoms with Crippen molar-refractivity contribution in [1.82, 2.24) is 0 Å². The molecule has 1 aromatic heterocycles. The number of methoxy groups -OCH3 is 1. The fraction of sp³-hybridized carbons (Fsp3) is 0.150. The number of nitrogens with one attached hydrogen (secondary N) is 1. The number of para-hydroxylation sites is 2. The maximum Gasteiger partial charge on any atom is 0.375 e. The van der Waals surface area contributed by atoms with Gasteiger partial charge >= 0.3 is 5.97 Å². The molecule has 3 rings (SSSR count). The summed E-state index contributed by atoms with van der Waals surface area (Å²) >= 11 is 5.86. The SMILES string of the molecule is COc1ccccc1NC(=O)[C@H](C)OC(=O)c1cc(=O)c2cc(Cl)ccc2o1. The lowest BCUT2D eigenvalue weighted by Gasteiger charge is -2.14. The molecule has 0 fully saturated rings. The average Bonchev–Trinajstić information content (AvgIpc) is 2.68. The number of hydrogen-bond donors (Lipinski definition) is 1. The van der Waals surface area contributed by atoms with Crippen LogP contribution in [0.15, 0.2) is 57.7 Å². The van der Waals surface area contributed by atoms with Gasteiger partial charge in [-0.15, -0.1) is 0 Å².